The molecule has 0 heterocycles. The predicted octanol–water partition coefficient (Wildman–Crippen LogP) is 4.50. The van der Waals surface area contributed by atoms with E-state index < -0.39 is 38.5 Å². The molecule has 0 aliphatic heterocycles. The van der Waals surface area contributed by atoms with Crippen molar-refractivity contribution in [3.63, 3.8) is 0 Å². The summed E-state index contributed by atoms with van der Waals surface area (Å²) in [7, 11) is -0.682. The Morgan fingerprint density at radius 2 is 1.69 bits per heavy atom. The van der Waals surface area contributed by atoms with Crippen molar-refractivity contribution in [1.29, 1.82) is 0 Å². The predicted molar refractivity (Wildman–Crippen MR) is 136 cm³/mol. The van der Waals surface area contributed by atoms with E-state index >= 15 is 0 Å². The quantitative estimate of drug-likeness (QED) is 0.564. The summed E-state index contributed by atoms with van der Waals surface area (Å²) >= 11 is 6.13. The summed E-state index contributed by atoms with van der Waals surface area (Å²) in [5, 5.41) is 9.25. The molecule has 0 saturated carbocycles. The average Bonchev–Trinajstić information content (AvgIpc) is 2.74. The summed E-state index contributed by atoms with van der Waals surface area (Å²) in [6.45, 7) is 8.34. The maximum absolute atomic E-state index is 13.0. The fraction of sp³-hybridized carbons (Fsp3) is 0.385. The van der Waals surface area contributed by atoms with Crippen LogP contribution >= 0.6 is 11.6 Å². The van der Waals surface area contributed by atoms with Gasteiger partial charge in [-0.25, -0.2) is 13.2 Å². The molecule has 0 spiro atoms. The Labute approximate surface area is 212 Å². The van der Waals surface area contributed by atoms with Crippen LogP contribution in [-0.2, 0) is 14.6 Å². The lowest BCUT2D eigenvalue weighted by Gasteiger charge is -2.28. The summed E-state index contributed by atoms with van der Waals surface area (Å²) in [4.78, 5) is 25.6. The molecule has 0 fully saturated rings. The van der Waals surface area contributed by atoms with E-state index in [1.54, 1.807) is 73.0 Å². The molecule has 1 atom stereocenters. The van der Waals surface area contributed by atoms with Crippen LogP contribution in [0.5, 0.6) is 5.75 Å². The lowest BCUT2D eigenvalue weighted by Crippen LogP contribution is -2.39. The Morgan fingerprint density at radius 1 is 1.06 bits per heavy atom. The van der Waals surface area contributed by atoms with E-state index in [1.165, 1.54) is 17.0 Å². The Bertz CT molecular complexity index is 1300. The smallest absolute Gasteiger partial charge is 0.345 e. The number of carboxylic acids is 1. The zero-order valence-electron chi connectivity index (χ0n) is 20.8. The molecule has 0 aliphatic carbocycles. The van der Waals surface area contributed by atoms with Crippen LogP contribution in [0.15, 0.2) is 41.3 Å². The third-order valence-corrected chi connectivity index (χ3v) is 7.51. The van der Waals surface area contributed by atoms with Crippen LogP contribution in [0.3, 0.4) is 0 Å². The maximum Gasteiger partial charge on any atom is 0.345 e. The Kier molecular flexibility index (Phi) is 8.64. The van der Waals surface area contributed by atoms with Crippen molar-refractivity contribution in [1.82, 2.24) is 4.90 Å². The highest BCUT2D eigenvalue weighted by Crippen LogP contribution is 2.29. The van der Waals surface area contributed by atoms with E-state index in [0.29, 0.717) is 16.1 Å². The number of benzene rings is 2. The first kappa shape index (κ1) is 28.2. The minimum absolute atomic E-state index is 0.0653. The summed E-state index contributed by atoms with van der Waals surface area (Å²) in [5.74, 6) is 4.48. The molecule has 35 heavy (non-hydrogen) atoms. The van der Waals surface area contributed by atoms with Gasteiger partial charge in [0, 0.05) is 30.1 Å². The van der Waals surface area contributed by atoms with Gasteiger partial charge in [0.05, 0.1) is 21.3 Å². The standard InChI is InChI=1S/C26H30ClNO6S/c1-16(2)35(32,33)22-14-17(9-12-20(22)24(29)28(6)7)8-10-18-15-19(27)11-13-21(18)34-23(25(30)31)26(3,4)5/h9,11-16,23H,1-7H3,(H,30,31). The van der Waals surface area contributed by atoms with Crippen molar-refractivity contribution >= 4 is 33.3 Å². The van der Waals surface area contributed by atoms with Crippen molar-refractivity contribution in [2.75, 3.05) is 14.1 Å². The molecule has 0 radical (unpaired) electrons. The molecule has 0 bridgehead atoms. The van der Waals surface area contributed by atoms with Crippen LogP contribution < -0.4 is 4.74 Å². The van der Waals surface area contributed by atoms with Crippen molar-refractivity contribution < 1.29 is 27.9 Å². The van der Waals surface area contributed by atoms with Gasteiger partial charge in [-0.05, 0) is 50.2 Å². The van der Waals surface area contributed by atoms with Crippen LogP contribution in [-0.4, -0.2) is 55.7 Å². The first-order valence-corrected chi connectivity index (χ1v) is 12.8. The van der Waals surface area contributed by atoms with E-state index in [9.17, 15) is 23.1 Å². The highest BCUT2D eigenvalue weighted by Gasteiger charge is 2.34. The van der Waals surface area contributed by atoms with Crippen molar-refractivity contribution in [3.05, 3.63) is 58.1 Å². The normalized spacial score (nSPS) is 12.5. The van der Waals surface area contributed by atoms with E-state index in [1.807, 2.05) is 0 Å². The number of nitrogens with zero attached hydrogens (tertiary/aromatic N) is 1. The lowest BCUT2D eigenvalue weighted by molar-refractivity contribution is -0.150. The Balaban J connectivity index is 2.61. The lowest BCUT2D eigenvalue weighted by atomic mass is 9.89. The molecular formula is C26H30ClNO6S. The molecule has 0 saturated heterocycles. The van der Waals surface area contributed by atoms with Gasteiger partial charge in [-0.15, -0.1) is 0 Å². The minimum Gasteiger partial charge on any atom is -0.478 e. The molecule has 2 rings (SSSR count). The first-order valence-electron chi connectivity index (χ1n) is 10.9. The van der Waals surface area contributed by atoms with E-state index in [-0.39, 0.29) is 16.2 Å². The van der Waals surface area contributed by atoms with E-state index in [0.717, 1.165) is 0 Å². The number of carboxylic acid groups (broad SMARTS) is 1. The first-order chi connectivity index (χ1) is 16.1. The van der Waals surface area contributed by atoms with Crippen LogP contribution in [0.2, 0.25) is 5.02 Å². The molecule has 0 aromatic heterocycles. The maximum atomic E-state index is 13.0. The molecule has 7 nitrogen and oxygen atoms in total. The molecule has 1 unspecified atom stereocenters. The third kappa shape index (κ3) is 6.77. The molecule has 1 N–H and O–H groups in total. The van der Waals surface area contributed by atoms with Gasteiger partial charge in [-0.1, -0.05) is 44.2 Å². The van der Waals surface area contributed by atoms with Gasteiger partial charge in [0.1, 0.15) is 5.75 Å². The van der Waals surface area contributed by atoms with E-state index in [4.69, 9.17) is 16.3 Å². The minimum atomic E-state index is -3.77. The van der Waals surface area contributed by atoms with Gasteiger partial charge in [-0.3, -0.25) is 4.79 Å². The molecule has 2 aromatic carbocycles. The monoisotopic (exact) mass is 519 g/mol. The number of ether oxygens (including phenoxy) is 1. The van der Waals surface area contributed by atoms with Crippen molar-refractivity contribution in [2.45, 2.75) is 50.9 Å². The number of carbonyl (C=O) groups is 2. The van der Waals surface area contributed by atoms with Gasteiger partial charge in [0.25, 0.3) is 5.91 Å². The summed E-state index contributed by atoms with van der Waals surface area (Å²) in [6.07, 6.45) is -1.14. The number of hydrogen-bond acceptors (Lipinski definition) is 5. The Hall–Kier alpha value is -3.02. The number of amides is 1. The van der Waals surface area contributed by atoms with Gasteiger partial charge >= 0.3 is 5.97 Å². The number of halogens is 1. The zero-order valence-corrected chi connectivity index (χ0v) is 22.4. The molecule has 0 aliphatic rings. The molecule has 1 amide bonds. The average molecular weight is 520 g/mol. The second-order valence-electron chi connectivity index (χ2n) is 9.60. The third-order valence-electron chi connectivity index (χ3n) is 5.08. The number of carbonyl (C=O) groups excluding carboxylic acids is 1. The van der Waals surface area contributed by atoms with Gasteiger partial charge in [0.2, 0.25) is 0 Å². The van der Waals surface area contributed by atoms with Crippen molar-refractivity contribution in [3.8, 4) is 17.6 Å². The number of hydrogen-bond donors (Lipinski definition) is 1. The molecular weight excluding hydrogens is 490 g/mol. The SMILES string of the molecule is CC(C)S(=O)(=O)c1cc(C#Cc2cc(Cl)ccc2OC(C(=O)O)C(C)(C)C)ccc1C(=O)N(C)C. The molecule has 2 aromatic rings. The summed E-state index contributed by atoms with van der Waals surface area (Å²) < 4.78 is 31.7. The largest absolute Gasteiger partial charge is 0.478 e. The number of rotatable bonds is 6. The highest BCUT2D eigenvalue weighted by atomic mass is 35.5. The second-order valence-corrected chi connectivity index (χ2v) is 12.5. The number of aliphatic carboxylic acids is 1. The zero-order chi connectivity index (χ0) is 26.7. The van der Waals surface area contributed by atoms with Crippen LogP contribution in [0.25, 0.3) is 0 Å². The van der Waals surface area contributed by atoms with Crippen LogP contribution in [0.1, 0.15) is 56.1 Å². The summed E-state index contributed by atoms with van der Waals surface area (Å²) in [5.41, 5.74) is 0.0757. The highest BCUT2D eigenvalue weighted by molar-refractivity contribution is 7.92. The fourth-order valence-electron chi connectivity index (χ4n) is 3.07. The van der Waals surface area contributed by atoms with Gasteiger partial charge < -0.3 is 14.7 Å². The topological polar surface area (TPSA) is 101 Å². The molecule has 9 heteroatoms. The van der Waals surface area contributed by atoms with Crippen LogP contribution in [0.4, 0.5) is 0 Å². The Morgan fingerprint density at radius 3 is 2.20 bits per heavy atom. The second kappa shape index (κ2) is 10.7. The van der Waals surface area contributed by atoms with Gasteiger partial charge in [0.15, 0.2) is 15.9 Å². The van der Waals surface area contributed by atoms with Crippen LogP contribution in [0, 0.1) is 17.3 Å². The fourth-order valence-corrected chi connectivity index (χ4v) is 4.51. The van der Waals surface area contributed by atoms with Gasteiger partial charge in [-0.2, -0.15) is 0 Å². The van der Waals surface area contributed by atoms with Crippen molar-refractivity contribution in [2.24, 2.45) is 5.41 Å². The summed E-state index contributed by atoms with van der Waals surface area (Å²) in [6, 6.07) is 9.03. The number of sulfone groups is 1. The van der Waals surface area contributed by atoms with E-state index in [2.05, 4.69) is 11.8 Å². The molecule has 188 valence electrons.